The van der Waals surface area contributed by atoms with Gasteiger partial charge in [0.2, 0.25) is 5.82 Å². The monoisotopic (exact) mass is 442 g/mol. The SMILES string of the molecule is O=[N+]([O-])c1ccc(N=Nc2c(S(=O)(=O)O)cc3cc(S(=O)(=O)O)ccc3c2O)[nH]1. The van der Waals surface area contributed by atoms with Gasteiger partial charge >= 0.3 is 5.82 Å². The first kappa shape index (κ1) is 20.3. The van der Waals surface area contributed by atoms with Gasteiger partial charge in [-0.1, -0.05) is 0 Å². The average molecular weight is 442 g/mol. The zero-order chi connectivity index (χ0) is 21.6. The lowest BCUT2D eigenvalue weighted by Crippen LogP contribution is -2.00. The van der Waals surface area contributed by atoms with Gasteiger partial charge in [-0.2, -0.15) is 16.8 Å². The maximum Gasteiger partial charge on any atom is 0.322 e. The molecule has 3 rings (SSSR count). The normalized spacial score (nSPS) is 12.6. The summed E-state index contributed by atoms with van der Waals surface area (Å²) in [5.41, 5.74) is -0.683. The minimum atomic E-state index is -4.95. The molecule has 2 aromatic carbocycles. The van der Waals surface area contributed by atoms with E-state index in [2.05, 4.69) is 15.2 Å². The molecule has 0 bridgehead atoms. The van der Waals surface area contributed by atoms with Crippen molar-refractivity contribution >= 4 is 48.3 Å². The molecule has 0 fully saturated rings. The standard InChI is InChI=1S/C14H10N4O9S2/c19-14-9-2-1-8(28(22,23)24)5-7(9)6-10(29(25,26)27)13(14)17-16-11-3-4-12(15-11)18(20)21/h1-6,15,19H,(H,22,23,24)(H,25,26,27). The molecule has 4 N–H and O–H groups in total. The summed E-state index contributed by atoms with van der Waals surface area (Å²) in [6.07, 6.45) is 0. The molecule has 0 unspecified atom stereocenters. The Balaban J connectivity index is 2.23. The highest BCUT2D eigenvalue weighted by atomic mass is 32.2. The highest BCUT2D eigenvalue weighted by Crippen LogP contribution is 2.41. The predicted molar refractivity (Wildman–Crippen MR) is 96.9 cm³/mol. The van der Waals surface area contributed by atoms with E-state index in [1.54, 1.807) is 0 Å². The molecule has 1 heterocycles. The van der Waals surface area contributed by atoms with Gasteiger partial charge in [-0.25, -0.2) is 4.98 Å². The zero-order valence-electron chi connectivity index (χ0n) is 13.9. The molecule has 152 valence electrons. The van der Waals surface area contributed by atoms with E-state index in [0.29, 0.717) is 0 Å². The quantitative estimate of drug-likeness (QED) is 0.197. The van der Waals surface area contributed by atoms with Crippen molar-refractivity contribution in [1.29, 1.82) is 0 Å². The number of phenolic OH excluding ortho intramolecular Hbond substituents is 1. The van der Waals surface area contributed by atoms with Crippen molar-refractivity contribution in [2.75, 3.05) is 0 Å². The van der Waals surface area contributed by atoms with Gasteiger partial charge in [0, 0.05) is 17.5 Å². The van der Waals surface area contributed by atoms with E-state index in [1.807, 2.05) is 0 Å². The van der Waals surface area contributed by atoms with Gasteiger partial charge in [-0.15, -0.1) is 10.2 Å². The van der Waals surface area contributed by atoms with Crippen LogP contribution in [0.1, 0.15) is 0 Å². The Labute approximate surface area is 162 Å². The molecule has 29 heavy (non-hydrogen) atoms. The fourth-order valence-corrected chi connectivity index (χ4v) is 3.60. The molecule has 0 saturated carbocycles. The first-order valence-electron chi connectivity index (χ1n) is 7.38. The van der Waals surface area contributed by atoms with Crippen molar-refractivity contribution in [2.24, 2.45) is 10.2 Å². The number of rotatable bonds is 5. The molecule has 0 aliphatic carbocycles. The van der Waals surface area contributed by atoms with Crippen LogP contribution in [0.3, 0.4) is 0 Å². The summed E-state index contributed by atoms with van der Waals surface area (Å²) in [5, 5.41) is 28.0. The number of azo groups is 1. The number of hydrogen-bond acceptors (Lipinski definition) is 9. The zero-order valence-corrected chi connectivity index (χ0v) is 15.5. The molecule has 1 aromatic heterocycles. The van der Waals surface area contributed by atoms with Crippen molar-refractivity contribution < 1.29 is 36.0 Å². The summed E-state index contributed by atoms with van der Waals surface area (Å²) in [4.78, 5) is 10.7. The molecule has 0 aliphatic heterocycles. The van der Waals surface area contributed by atoms with E-state index in [9.17, 15) is 36.6 Å². The van der Waals surface area contributed by atoms with Crippen LogP contribution in [0, 0.1) is 10.1 Å². The maximum atomic E-state index is 11.7. The molecule has 13 nitrogen and oxygen atoms in total. The van der Waals surface area contributed by atoms with E-state index in [4.69, 9.17) is 4.55 Å². The van der Waals surface area contributed by atoms with Crippen LogP contribution in [0.25, 0.3) is 10.8 Å². The van der Waals surface area contributed by atoms with Gasteiger partial charge in [-0.05, 0) is 34.6 Å². The highest BCUT2D eigenvalue weighted by Gasteiger charge is 2.23. The lowest BCUT2D eigenvalue weighted by molar-refractivity contribution is -0.389. The van der Waals surface area contributed by atoms with Crippen LogP contribution in [0.4, 0.5) is 17.3 Å². The van der Waals surface area contributed by atoms with Gasteiger partial charge in [-0.3, -0.25) is 9.11 Å². The lowest BCUT2D eigenvalue weighted by Gasteiger charge is -2.09. The van der Waals surface area contributed by atoms with Crippen molar-refractivity contribution in [3.63, 3.8) is 0 Å². The van der Waals surface area contributed by atoms with E-state index in [0.717, 1.165) is 30.3 Å². The molecule has 0 saturated heterocycles. The second kappa shape index (κ2) is 6.89. The van der Waals surface area contributed by atoms with Crippen molar-refractivity contribution in [1.82, 2.24) is 4.98 Å². The summed E-state index contributed by atoms with van der Waals surface area (Å²) in [7, 11) is -9.56. The Morgan fingerprint density at radius 3 is 2.21 bits per heavy atom. The molecular weight excluding hydrogens is 432 g/mol. The van der Waals surface area contributed by atoms with Gasteiger partial charge in [0.1, 0.15) is 10.6 Å². The summed E-state index contributed by atoms with van der Waals surface area (Å²) in [6, 6.07) is 6.00. The summed E-state index contributed by atoms with van der Waals surface area (Å²) in [6.45, 7) is 0. The van der Waals surface area contributed by atoms with Crippen molar-refractivity contribution in [3.05, 3.63) is 46.5 Å². The number of nitrogens with zero attached hydrogens (tertiary/aromatic N) is 3. The van der Waals surface area contributed by atoms with Crippen molar-refractivity contribution in [3.8, 4) is 5.75 Å². The Bertz CT molecular complexity index is 1390. The molecule has 0 spiro atoms. The second-order valence-electron chi connectivity index (χ2n) is 5.59. The molecule has 3 aromatic rings. The number of aromatic nitrogens is 1. The predicted octanol–water partition coefficient (Wildman–Crippen LogP) is 2.69. The van der Waals surface area contributed by atoms with E-state index >= 15 is 0 Å². The van der Waals surface area contributed by atoms with Crippen LogP contribution in [-0.2, 0) is 20.2 Å². The number of aromatic hydroxyl groups is 1. The molecule has 0 amide bonds. The summed E-state index contributed by atoms with van der Waals surface area (Å²) in [5.74, 6) is -1.31. The van der Waals surface area contributed by atoms with Crippen LogP contribution in [0.5, 0.6) is 5.75 Å². The third kappa shape index (κ3) is 4.06. The number of H-pyrrole nitrogens is 1. The maximum absolute atomic E-state index is 11.7. The van der Waals surface area contributed by atoms with Crippen LogP contribution < -0.4 is 0 Å². The van der Waals surface area contributed by atoms with Gasteiger partial charge in [0.15, 0.2) is 5.75 Å². The number of aromatic amines is 1. The number of nitro groups is 1. The minimum Gasteiger partial charge on any atom is -0.505 e. The number of nitrogens with one attached hydrogen (secondary N) is 1. The second-order valence-corrected chi connectivity index (χ2v) is 8.40. The fraction of sp³-hybridized carbons (Fsp3) is 0. The largest absolute Gasteiger partial charge is 0.505 e. The Morgan fingerprint density at radius 2 is 1.66 bits per heavy atom. The number of phenols is 1. The average Bonchev–Trinajstić information content (AvgIpc) is 3.08. The number of fused-ring (bicyclic) bond motifs is 1. The first-order chi connectivity index (χ1) is 13.4. The molecule has 15 heteroatoms. The third-order valence-electron chi connectivity index (χ3n) is 3.71. The Morgan fingerprint density at radius 1 is 0.966 bits per heavy atom. The summed E-state index contributed by atoms with van der Waals surface area (Å²) < 4.78 is 64.5. The Kier molecular flexibility index (Phi) is 4.83. The van der Waals surface area contributed by atoms with E-state index in [-0.39, 0.29) is 16.6 Å². The van der Waals surface area contributed by atoms with Gasteiger partial charge in [0.25, 0.3) is 20.2 Å². The van der Waals surface area contributed by atoms with Crippen LogP contribution in [-0.4, -0.2) is 41.0 Å². The molecule has 0 radical (unpaired) electrons. The Hall–Kier alpha value is -3.40. The fourth-order valence-electron chi connectivity index (χ4n) is 2.42. The minimum absolute atomic E-state index is 0.0591. The van der Waals surface area contributed by atoms with Crippen LogP contribution in [0.2, 0.25) is 0 Å². The number of benzene rings is 2. The number of hydrogen-bond donors (Lipinski definition) is 4. The van der Waals surface area contributed by atoms with E-state index < -0.39 is 52.2 Å². The van der Waals surface area contributed by atoms with Crippen molar-refractivity contribution in [2.45, 2.75) is 9.79 Å². The smallest absolute Gasteiger partial charge is 0.322 e. The lowest BCUT2D eigenvalue weighted by atomic mass is 10.1. The van der Waals surface area contributed by atoms with Crippen LogP contribution in [0.15, 0.2) is 56.4 Å². The molecule has 0 atom stereocenters. The summed E-state index contributed by atoms with van der Waals surface area (Å²) >= 11 is 0. The third-order valence-corrected chi connectivity index (χ3v) is 5.42. The highest BCUT2D eigenvalue weighted by molar-refractivity contribution is 7.86. The van der Waals surface area contributed by atoms with Crippen LogP contribution >= 0.6 is 0 Å². The van der Waals surface area contributed by atoms with Gasteiger partial charge in [0.05, 0.1) is 4.90 Å². The molecular formula is C14H10N4O9S2. The first-order valence-corrected chi connectivity index (χ1v) is 10.3. The molecule has 0 aliphatic rings. The van der Waals surface area contributed by atoms with Gasteiger partial charge < -0.3 is 15.2 Å². The van der Waals surface area contributed by atoms with E-state index in [1.165, 1.54) is 6.07 Å². The topological polar surface area (TPSA) is 213 Å².